The quantitative estimate of drug-likeness (QED) is 0.729. The lowest BCUT2D eigenvalue weighted by molar-refractivity contribution is -0.312. The van der Waals surface area contributed by atoms with Gasteiger partial charge in [-0.3, -0.25) is 9.88 Å². The van der Waals surface area contributed by atoms with Crippen molar-refractivity contribution in [2.24, 2.45) is 5.92 Å². The highest BCUT2D eigenvalue weighted by Gasteiger charge is 2.33. The molecule has 26 heavy (non-hydrogen) atoms. The van der Waals surface area contributed by atoms with Crippen LogP contribution in [0.25, 0.3) is 0 Å². The molecule has 4 nitrogen and oxygen atoms in total. The SMILES string of the molecule is O=C([O-])C1CCCN(C2c3ccc(Cl)cc3CCc3cc(Br)cnc32)C1. The molecule has 2 aromatic rings. The standard InChI is InChI=1S/C20H20BrClN2O2/c21-15-8-13-4-3-12-9-16(22)5-6-17(12)19(18(13)23-10-15)24-7-1-2-14(11-24)20(25)26/h5-6,8-10,14,19H,1-4,7,11H2,(H,25,26)/p-1. The van der Waals surface area contributed by atoms with Crippen LogP contribution in [-0.2, 0) is 17.6 Å². The summed E-state index contributed by atoms with van der Waals surface area (Å²) in [5, 5.41) is 12.2. The smallest absolute Gasteiger partial charge is 0.0782 e. The van der Waals surface area contributed by atoms with Crippen LogP contribution in [0, 0.1) is 5.92 Å². The topological polar surface area (TPSA) is 56.3 Å². The van der Waals surface area contributed by atoms with Gasteiger partial charge in [0.05, 0.1) is 11.7 Å². The molecule has 1 saturated heterocycles. The minimum Gasteiger partial charge on any atom is -0.550 e. The van der Waals surface area contributed by atoms with Gasteiger partial charge in [-0.25, -0.2) is 0 Å². The third kappa shape index (κ3) is 3.40. The van der Waals surface area contributed by atoms with Crippen molar-refractivity contribution >= 4 is 33.5 Å². The highest BCUT2D eigenvalue weighted by molar-refractivity contribution is 9.10. The Morgan fingerprint density at radius 2 is 2.08 bits per heavy atom. The molecule has 1 aromatic carbocycles. The highest BCUT2D eigenvalue weighted by atomic mass is 79.9. The number of rotatable bonds is 2. The average molecular weight is 435 g/mol. The number of fused-ring (bicyclic) bond motifs is 2. The molecular formula is C20H19BrClN2O2-. The maximum atomic E-state index is 11.5. The van der Waals surface area contributed by atoms with E-state index in [1.54, 1.807) is 0 Å². The number of benzene rings is 1. The Labute approximate surface area is 166 Å². The molecule has 2 atom stereocenters. The summed E-state index contributed by atoms with van der Waals surface area (Å²) in [6.07, 6.45) is 5.15. The number of piperidine rings is 1. The Morgan fingerprint density at radius 1 is 1.27 bits per heavy atom. The number of carbonyl (C=O) groups is 1. The van der Waals surface area contributed by atoms with Gasteiger partial charge >= 0.3 is 0 Å². The molecule has 0 saturated carbocycles. The third-order valence-corrected chi connectivity index (χ3v) is 6.11. The van der Waals surface area contributed by atoms with Crippen molar-refractivity contribution in [3.8, 4) is 0 Å². The van der Waals surface area contributed by atoms with E-state index in [-0.39, 0.29) is 6.04 Å². The number of pyridine rings is 1. The van der Waals surface area contributed by atoms with E-state index in [2.05, 4.69) is 33.0 Å². The molecule has 0 N–H and O–H groups in total. The van der Waals surface area contributed by atoms with E-state index in [9.17, 15) is 9.90 Å². The van der Waals surface area contributed by atoms with Crippen LogP contribution in [0.5, 0.6) is 0 Å². The maximum Gasteiger partial charge on any atom is 0.0782 e. The summed E-state index contributed by atoms with van der Waals surface area (Å²) in [6, 6.07) is 8.10. The number of aryl methyl sites for hydroxylation is 2. The fraction of sp³-hybridized carbons (Fsp3) is 0.400. The van der Waals surface area contributed by atoms with Crippen molar-refractivity contribution in [2.45, 2.75) is 31.7 Å². The minimum atomic E-state index is -0.955. The number of aromatic nitrogens is 1. The second kappa shape index (κ2) is 7.29. The van der Waals surface area contributed by atoms with Crippen molar-refractivity contribution in [1.29, 1.82) is 0 Å². The van der Waals surface area contributed by atoms with E-state index < -0.39 is 11.9 Å². The van der Waals surface area contributed by atoms with Crippen LogP contribution in [0.4, 0.5) is 0 Å². The molecule has 1 aliphatic heterocycles. The number of hydrogen-bond donors (Lipinski definition) is 0. The van der Waals surface area contributed by atoms with Gasteiger partial charge in [0, 0.05) is 34.1 Å². The fourth-order valence-corrected chi connectivity index (χ4v) is 4.79. The Hall–Kier alpha value is -1.43. The van der Waals surface area contributed by atoms with E-state index in [1.165, 1.54) is 16.7 Å². The fourth-order valence-electron chi connectivity index (χ4n) is 4.22. The second-order valence-corrected chi connectivity index (χ2v) is 8.45. The number of nitrogens with zero attached hydrogens (tertiary/aromatic N) is 2. The second-order valence-electron chi connectivity index (χ2n) is 7.10. The molecule has 6 heteroatoms. The average Bonchev–Trinajstić information content (AvgIpc) is 2.78. The molecule has 0 spiro atoms. The van der Waals surface area contributed by atoms with Crippen LogP contribution in [0.2, 0.25) is 5.02 Å². The van der Waals surface area contributed by atoms with Crippen LogP contribution in [0.15, 0.2) is 34.9 Å². The predicted octanol–water partition coefficient (Wildman–Crippen LogP) is 3.15. The van der Waals surface area contributed by atoms with Gasteiger partial charge in [-0.2, -0.15) is 0 Å². The number of halogens is 2. The van der Waals surface area contributed by atoms with Gasteiger partial charge in [-0.1, -0.05) is 17.7 Å². The summed E-state index contributed by atoms with van der Waals surface area (Å²) >= 11 is 9.77. The molecule has 0 radical (unpaired) electrons. The van der Waals surface area contributed by atoms with Gasteiger partial charge in [-0.15, -0.1) is 0 Å². The molecule has 136 valence electrons. The van der Waals surface area contributed by atoms with Gasteiger partial charge in [0.15, 0.2) is 0 Å². The van der Waals surface area contributed by atoms with E-state index in [0.29, 0.717) is 13.0 Å². The Bertz CT molecular complexity index is 804. The molecule has 2 heterocycles. The Morgan fingerprint density at radius 3 is 2.88 bits per heavy atom. The summed E-state index contributed by atoms with van der Waals surface area (Å²) < 4.78 is 0.963. The van der Waals surface area contributed by atoms with E-state index in [0.717, 1.165) is 41.0 Å². The zero-order valence-corrected chi connectivity index (χ0v) is 16.6. The van der Waals surface area contributed by atoms with Crippen molar-refractivity contribution in [3.63, 3.8) is 0 Å². The van der Waals surface area contributed by atoms with E-state index >= 15 is 0 Å². The molecule has 0 bridgehead atoms. The van der Waals surface area contributed by atoms with Crippen LogP contribution >= 0.6 is 27.5 Å². The first-order chi connectivity index (χ1) is 12.5. The van der Waals surface area contributed by atoms with Crippen LogP contribution in [0.3, 0.4) is 0 Å². The first-order valence-corrected chi connectivity index (χ1v) is 10.1. The lowest BCUT2D eigenvalue weighted by atomic mass is 9.91. The third-order valence-electron chi connectivity index (χ3n) is 5.44. The zero-order chi connectivity index (χ0) is 18.3. The molecule has 1 fully saturated rings. The molecule has 4 rings (SSSR count). The number of aliphatic carboxylic acids is 1. The number of carboxylic acids is 1. The summed E-state index contributed by atoms with van der Waals surface area (Å²) in [5.74, 6) is -1.38. The minimum absolute atomic E-state index is 0.0463. The van der Waals surface area contributed by atoms with Crippen molar-refractivity contribution in [2.75, 3.05) is 13.1 Å². The lowest BCUT2D eigenvalue weighted by Crippen LogP contribution is -2.45. The molecular weight excluding hydrogens is 416 g/mol. The summed E-state index contributed by atoms with van der Waals surface area (Å²) in [6.45, 7) is 1.35. The van der Waals surface area contributed by atoms with Crippen molar-refractivity contribution < 1.29 is 9.90 Å². The van der Waals surface area contributed by atoms with Crippen LogP contribution in [0.1, 0.15) is 41.3 Å². The van der Waals surface area contributed by atoms with Crippen LogP contribution < -0.4 is 5.11 Å². The van der Waals surface area contributed by atoms with E-state index in [4.69, 9.17) is 16.6 Å². The predicted molar refractivity (Wildman–Crippen MR) is 102 cm³/mol. The monoisotopic (exact) mass is 433 g/mol. The summed E-state index contributed by atoms with van der Waals surface area (Å²) in [7, 11) is 0. The molecule has 1 aromatic heterocycles. The maximum absolute atomic E-state index is 11.5. The summed E-state index contributed by atoms with van der Waals surface area (Å²) in [5.41, 5.74) is 4.62. The Balaban J connectivity index is 1.82. The van der Waals surface area contributed by atoms with Gasteiger partial charge < -0.3 is 9.90 Å². The lowest BCUT2D eigenvalue weighted by Gasteiger charge is -2.39. The van der Waals surface area contributed by atoms with E-state index in [1.807, 2.05) is 18.3 Å². The normalized spacial score (nSPS) is 23.0. The number of carboxylic acid groups (broad SMARTS) is 1. The Kier molecular flexibility index (Phi) is 5.04. The van der Waals surface area contributed by atoms with Crippen molar-refractivity contribution in [1.82, 2.24) is 9.88 Å². The van der Waals surface area contributed by atoms with Gasteiger partial charge in [0.25, 0.3) is 0 Å². The van der Waals surface area contributed by atoms with Gasteiger partial charge in [0.1, 0.15) is 0 Å². The summed E-state index contributed by atoms with van der Waals surface area (Å²) in [4.78, 5) is 18.4. The first kappa shape index (κ1) is 18.0. The number of hydrogen-bond acceptors (Lipinski definition) is 4. The molecule has 1 aliphatic carbocycles. The molecule has 0 amide bonds. The first-order valence-electron chi connectivity index (χ1n) is 8.90. The largest absolute Gasteiger partial charge is 0.550 e. The molecule has 2 aliphatic rings. The number of carbonyl (C=O) groups excluding carboxylic acids is 1. The van der Waals surface area contributed by atoms with Crippen molar-refractivity contribution in [3.05, 3.63) is 62.3 Å². The number of likely N-dealkylation sites (tertiary alicyclic amines) is 1. The molecule has 2 unspecified atom stereocenters. The zero-order valence-electron chi connectivity index (χ0n) is 14.3. The highest BCUT2D eigenvalue weighted by Crippen LogP contribution is 2.39. The van der Waals surface area contributed by atoms with Crippen LogP contribution in [-0.4, -0.2) is 28.9 Å². The van der Waals surface area contributed by atoms with Gasteiger partial charge in [0.2, 0.25) is 0 Å². The van der Waals surface area contributed by atoms with Gasteiger partial charge in [-0.05, 0) is 83.0 Å².